The first kappa shape index (κ1) is 20.6. The Balaban J connectivity index is 2.14. The van der Waals surface area contributed by atoms with E-state index in [0.29, 0.717) is 13.0 Å². The molecule has 0 spiro atoms. The van der Waals surface area contributed by atoms with E-state index in [1.54, 1.807) is 31.2 Å². The normalized spacial score (nSPS) is 15.5. The van der Waals surface area contributed by atoms with Crippen molar-refractivity contribution in [1.82, 2.24) is 10.2 Å². The van der Waals surface area contributed by atoms with Crippen LogP contribution in [0.15, 0.2) is 24.3 Å². The number of nitrogens with one attached hydrogen (secondary N) is 1. The number of hydrogen-bond donors (Lipinski definition) is 1. The Morgan fingerprint density at radius 1 is 1.07 bits per heavy atom. The highest BCUT2D eigenvalue weighted by Crippen LogP contribution is 2.28. The van der Waals surface area contributed by atoms with Crippen LogP contribution in [0.25, 0.3) is 0 Å². The van der Waals surface area contributed by atoms with Gasteiger partial charge in [0.25, 0.3) is 17.7 Å². The Morgan fingerprint density at radius 2 is 1.63 bits per heavy atom. The fraction of sp³-hybridized carbons (Fsp3) is 0.500. The zero-order chi connectivity index (χ0) is 20.1. The Hall–Kier alpha value is -2.70. The van der Waals surface area contributed by atoms with Gasteiger partial charge in [0.05, 0.1) is 11.1 Å². The first-order valence-corrected chi connectivity index (χ1v) is 9.18. The van der Waals surface area contributed by atoms with Gasteiger partial charge in [0.2, 0.25) is 0 Å². The lowest BCUT2D eigenvalue weighted by molar-refractivity contribution is -0.154. The quantitative estimate of drug-likeness (QED) is 0.555. The molecule has 2 atom stereocenters. The third kappa shape index (κ3) is 4.53. The second kappa shape index (κ2) is 8.79. The molecule has 1 aliphatic heterocycles. The number of benzene rings is 1. The first-order chi connectivity index (χ1) is 12.8. The summed E-state index contributed by atoms with van der Waals surface area (Å²) < 4.78 is 5.13. The van der Waals surface area contributed by atoms with Crippen LogP contribution in [-0.2, 0) is 14.3 Å². The van der Waals surface area contributed by atoms with Gasteiger partial charge in [0.15, 0.2) is 6.61 Å². The van der Waals surface area contributed by atoms with Crippen LogP contribution in [0.5, 0.6) is 0 Å². The maximum atomic E-state index is 12.7. The van der Waals surface area contributed by atoms with E-state index in [1.807, 2.05) is 20.8 Å². The minimum Gasteiger partial charge on any atom is -0.454 e. The van der Waals surface area contributed by atoms with Gasteiger partial charge in [0.1, 0.15) is 6.04 Å². The van der Waals surface area contributed by atoms with E-state index >= 15 is 0 Å². The number of esters is 1. The average molecular weight is 374 g/mol. The van der Waals surface area contributed by atoms with Gasteiger partial charge in [-0.25, -0.2) is 4.79 Å². The molecule has 0 bridgehead atoms. The van der Waals surface area contributed by atoms with Crippen molar-refractivity contribution in [1.29, 1.82) is 0 Å². The van der Waals surface area contributed by atoms with Crippen molar-refractivity contribution in [3.8, 4) is 0 Å². The summed E-state index contributed by atoms with van der Waals surface area (Å²) in [5.41, 5.74) is 0.552. The first-order valence-electron chi connectivity index (χ1n) is 9.18. The third-order valence-corrected chi connectivity index (χ3v) is 4.58. The molecular formula is C20H26N2O5. The van der Waals surface area contributed by atoms with Gasteiger partial charge >= 0.3 is 5.97 Å². The molecular weight excluding hydrogens is 348 g/mol. The second-order valence-corrected chi connectivity index (χ2v) is 7.16. The predicted octanol–water partition coefficient (Wildman–Crippen LogP) is 2.01. The maximum absolute atomic E-state index is 12.7. The Kier molecular flexibility index (Phi) is 6.71. The molecule has 0 radical (unpaired) electrons. The fourth-order valence-corrected chi connectivity index (χ4v) is 2.87. The molecule has 0 saturated heterocycles. The van der Waals surface area contributed by atoms with Crippen LogP contribution in [0.1, 0.15) is 54.8 Å². The molecule has 1 N–H and O–H groups in total. The number of nitrogens with zero attached hydrogens (tertiary/aromatic N) is 1. The standard InChI is InChI=1S/C20H26N2O5/c1-5-13(4)17(20(26)27-11-16(23)21-10-12(2)3)22-18(24)14-8-6-7-9-15(14)19(22)25/h6-9,12-13,17H,5,10-11H2,1-4H3,(H,21,23)/t13-,17-/m0/s1. The molecule has 146 valence electrons. The molecule has 0 unspecified atom stereocenters. The van der Waals surface area contributed by atoms with Crippen molar-refractivity contribution in [3.63, 3.8) is 0 Å². The summed E-state index contributed by atoms with van der Waals surface area (Å²) in [4.78, 5) is 50.9. The summed E-state index contributed by atoms with van der Waals surface area (Å²) in [5.74, 6) is -2.22. The Labute approximate surface area is 159 Å². The van der Waals surface area contributed by atoms with Gasteiger partial charge in [-0.15, -0.1) is 0 Å². The van der Waals surface area contributed by atoms with E-state index in [1.165, 1.54) is 0 Å². The number of carbonyl (C=O) groups excluding carboxylic acids is 4. The van der Waals surface area contributed by atoms with Gasteiger partial charge in [-0.1, -0.05) is 46.2 Å². The van der Waals surface area contributed by atoms with E-state index in [4.69, 9.17) is 4.74 Å². The Bertz CT molecular complexity index is 709. The predicted molar refractivity (Wildman–Crippen MR) is 99.0 cm³/mol. The minimum atomic E-state index is -1.07. The maximum Gasteiger partial charge on any atom is 0.330 e. The highest BCUT2D eigenvalue weighted by Gasteiger charge is 2.45. The van der Waals surface area contributed by atoms with Crippen LogP contribution < -0.4 is 5.32 Å². The smallest absolute Gasteiger partial charge is 0.330 e. The fourth-order valence-electron chi connectivity index (χ4n) is 2.87. The zero-order valence-corrected chi connectivity index (χ0v) is 16.2. The van der Waals surface area contributed by atoms with Gasteiger partial charge < -0.3 is 10.1 Å². The number of rotatable bonds is 8. The molecule has 0 aliphatic carbocycles. The number of fused-ring (bicyclic) bond motifs is 1. The second-order valence-electron chi connectivity index (χ2n) is 7.16. The van der Waals surface area contributed by atoms with E-state index in [2.05, 4.69) is 5.32 Å². The molecule has 1 aliphatic rings. The van der Waals surface area contributed by atoms with Gasteiger partial charge in [-0.2, -0.15) is 0 Å². The summed E-state index contributed by atoms with van der Waals surface area (Å²) in [6, 6.07) is 5.40. The minimum absolute atomic E-state index is 0.274. The lowest BCUT2D eigenvalue weighted by atomic mass is 9.97. The summed E-state index contributed by atoms with van der Waals surface area (Å²) in [6.45, 7) is 7.57. The number of carbonyl (C=O) groups is 4. The summed E-state index contributed by atoms with van der Waals surface area (Å²) in [5, 5.41) is 2.66. The zero-order valence-electron chi connectivity index (χ0n) is 16.2. The monoisotopic (exact) mass is 374 g/mol. The summed E-state index contributed by atoms with van der Waals surface area (Å²) in [7, 11) is 0. The molecule has 0 aromatic heterocycles. The van der Waals surface area contributed by atoms with Crippen molar-refractivity contribution in [2.45, 2.75) is 40.2 Å². The van der Waals surface area contributed by atoms with Gasteiger partial charge in [-0.05, 0) is 24.0 Å². The van der Waals surface area contributed by atoms with Crippen molar-refractivity contribution in [3.05, 3.63) is 35.4 Å². The molecule has 1 aromatic carbocycles. The van der Waals surface area contributed by atoms with Gasteiger partial charge in [0, 0.05) is 6.54 Å². The number of imide groups is 1. The van der Waals surface area contributed by atoms with Crippen LogP contribution in [0.4, 0.5) is 0 Å². The van der Waals surface area contributed by atoms with Gasteiger partial charge in [-0.3, -0.25) is 19.3 Å². The summed E-state index contributed by atoms with van der Waals surface area (Å²) in [6.07, 6.45) is 0.562. The third-order valence-electron chi connectivity index (χ3n) is 4.58. The van der Waals surface area contributed by atoms with Crippen molar-refractivity contribution >= 4 is 23.7 Å². The van der Waals surface area contributed by atoms with E-state index < -0.39 is 36.3 Å². The Morgan fingerprint density at radius 3 is 2.11 bits per heavy atom. The highest BCUT2D eigenvalue weighted by molar-refractivity contribution is 6.22. The van der Waals surface area contributed by atoms with E-state index in [9.17, 15) is 19.2 Å². The van der Waals surface area contributed by atoms with Crippen molar-refractivity contribution < 1.29 is 23.9 Å². The highest BCUT2D eigenvalue weighted by atomic mass is 16.5. The number of hydrogen-bond acceptors (Lipinski definition) is 5. The molecule has 0 saturated carbocycles. The van der Waals surface area contributed by atoms with E-state index in [-0.39, 0.29) is 23.0 Å². The molecule has 1 aromatic rings. The lowest BCUT2D eigenvalue weighted by Crippen LogP contribution is -2.49. The summed E-state index contributed by atoms with van der Waals surface area (Å²) >= 11 is 0. The molecule has 1 heterocycles. The van der Waals surface area contributed by atoms with Crippen molar-refractivity contribution in [2.75, 3.05) is 13.2 Å². The molecule has 2 rings (SSSR count). The van der Waals surface area contributed by atoms with Crippen LogP contribution in [0, 0.1) is 11.8 Å². The van der Waals surface area contributed by atoms with Crippen LogP contribution in [-0.4, -0.2) is 47.8 Å². The van der Waals surface area contributed by atoms with Crippen LogP contribution in [0.3, 0.4) is 0 Å². The molecule has 0 fully saturated rings. The molecule has 7 nitrogen and oxygen atoms in total. The topological polar surface area (TPSA) is 92.8 Å². The number of amides is 3. The van der Waals surface area contributed by atoms with E-state index in [0.717, 1.165) is 4.90 Å². The molecule has 3 amide bonds. The van der Waals surface area contributed by atoms with Crippen LogP contribution >= 0.6 is 0 Å². The van der Waals surface area contributed by atoms with Crippen molar-refractivity contribution in [2.24, 2.45) is 11.8 Å². The van der Waals surface area contributed by atoms with Crippen LogP contribution in [0.2, 0.25) is 0 Å². The SMILES string of the molecule is CC[C@H](C)[C@@H](C(=O)OCC(=O)NCC(C)C)N1C(=O)c2ccccc2C1=O. The largest absolute Gasteiger partial charge is 0.454 e. The lowest BCUT2D eigenvalue weighted by Gasteiger charge is -2.28. The molecule has 27 heavy (non-hydrogen) atoms. The number of ether oxygens (including phenoxy) is 1. The molecule has 7 heteroatoms. The average Bonchev–Trinajstić information content (AvgIpc) is 2.90.